The van der Waals surface area contributed by atoms with Crippen LogP contribution in [0.2, 0.25) is 0 Å². The third-order valence-corrected chi connectivity index (χ3v) is 6.38. The van der Waals surface area contributed by atoms with Crippen molar-refractivity contribution in [3.8, 4) is 5.75 Å². The highest BCUT2D eigenvalue weighted by molar-refractivity contribution is 5.32. The molecule has 1 fully saturated rings. The zero-order valence-electron chi connectivity index (χ0n) is 19.6. The number of rotatable bonds is 10. The summed E-state index contributed by atoms with van der Waals surface area (Å²) in [5.74, 6) is 0.826. The minimum Gasteiger partial charge on any atom is -0.491 e. The summed E-state index contributed by atoms with van der Waals surface area (Å²) in [6.07, 6.45) is 1.74. The van der Waals surface area contributed by atoms with Gasteiger partial charge in [0, 0.05) is 32.7 Å². The van der Waals surface area contributed by atoms with Crippen LogP contribution in [0.4, 0.5) is 0 Å². The number of ether oxygens (including phenoxy) is 1. The lowest BCUT2D eigenvalue weighted by Gasteiger charge is -2.40. The van der Waals surface area contributed by atoms with Crippen LogP contribution in [0.1, 0.15) is 36.1 Å². The lowest BCUT2D eigenvalue weighted by atomic mass is 9.96. The van der Waals surface area contributed by atoms with Crippen molar-refractivity contribution >= 4 is 0 Å². The molecule has 1 heterocycles. The van der Waals surface area contributed by atoms with Crippen molar-refractivity contribution in [1.29, 1.82) is 0 Å². The van der Waals surface area contributed by atoms with Crippen LogP contribution < -0.4 is 4.74 Å². The third-order valence-electron chi connectivity index (χ3n) is 6.38. The number of benzene rings is 3. The first-order valence-corrected chi connectivity index (χ1v) is 12.2. The Morgan fingerprint density at radius 3 is 1.91 bits per heavy atom. The maximum absolute atomic E-state index is 10.6. The molecule has 0 saturated carbocycles. The number of aryl methyl sites for hydroxylation is 1. The van der Waals surface area contributed by atoms with Gasteiger partial charge in [0.25, 0.3) is 0 Å². The molecule has 33 heavy (non-hydrogen) atoms. The topological polar surface area (TPSA) is 35.9 Å². The Morgan fingerprint density at radius 2 is 1.36 bits per heavy atom. The molecule has 0 amide bonds. The first-order chi connectivity index (χ1) is 16.2. The molecule has 1 unspecified atom stereocenters. The standard InChI is InChI=1S/C29H36N2O2/c1-2-9-24-14-16-28(17-15-24)33-23-27(32)22-30-18-20-31(21-19-30)29(25-10-5-3-6-11-25)26-12-7-4-8-13-26/h3-8,10-17,27,29,32H,2,9,18-23H2,1H3. The zero-order chi connectivity index (χ0) is 22.9. The number of β-amino-alcohol motifs (C(OH)–C–C–N with tert-alkyl or cyclic N) is 1. The molecule has 1 aliphatic rings. The maximum atomic E-state index is 10.6. The van der Waals surface area contributed by atoms with Gasteiger partial charge in [-0.1, -0.05) is 86.1 Å². The Labute approximate surface area is 198 Å². The van der Waals surface area contributed by atoms with Gasteiger partial charge in [-0.2, -0.15) is 0 Å². The second-order valence-electron chi connectivity index (χ2n) is 8.92. The highest BCUT2D eigenvalue weighted by Crippen LogP contribution is 2.29. The molecule has 174 valence electrons. The van der Waals surface area contributed by atoms with Crippen molar-refractivity contribution in [2.45, 2.75) is 31.9 Å². The third kappa shape index (κ3) is 6.67. The van der Waals surface area contributed by atoms with Crippen LogP contribution in [-0.2, 0) is 6.42 Å². The number of hydrogen-bond acceptors (Lipinski definition) is 4. The fraction of sp³-hybridized carbons (Fsp3) is 0.379. The molecule has 0 radical (unpaired) electrons. The van der Waals surface area contributed by atoms with E-state index in [1.807, 2.05) is 12.1 Å². The summed E-state index contributed by atoms with van der Waals surface area (Å²) in [5, 5.41) is 10.6. The van der Waals surface area contributed by atoms with E-state index < -0.39 is 6.10 Å². The number of hydrogen-bond donors (Lipinski definition) is 1. The van der Waals surface area contributed by atoms with Gasteiger partial charge in [0.2, 0.25) is 0 Å². The van der Waals surface area contributed by atoms with Crippen LogP contribution in [0.25, 0.3) is 0 Å². The van der Waals surface area contributed by atoms with Gasteiger partial charge in [0.05, 0.1) is 6.04 Å². The minimum atomic E-state index is -0.495. The van der Waals surface area contributed by atoms with E-state index in [1.54, 1.807) is 0 Å². The molecule has 0 aliphatic carbocycles. The SMILES string of the molecule is CCCc1ccc(OCC(O)CN2CCN(C(c3ccccc3)c3ccccc3)CC2)cc1. The summed E-state index contributed by atoms with van der Waals surface area (Å²) >= 11 is 0. The van der Waals surface area contributed by atoms with Gasteiger partial charge in [-0.15, -0.1) is 0 Å². The predicted octanol–water partition coefficient (Wildman–Crippen LogP) is 4.79. The summed E-state index contributed by atoms with van der Waals surface area (Å²) in [5.41, 5.74) is 3.98. The highest BCUT2D eigenvalue weighted by atomic mass is 16.5. The Kier molecular flexibility index (Phi) is 8.53. The molecule has 4 nitrogen and oxygen atoms in total. The van der Waals surface area contributed by atoms with Crippen LogP contribution in [-0.4, -0.2) is 60.3 Å². The van der Waals surface area contributed by atoms with Crippen LogP contribution in [0, 0.1) is 0 Å². The minimum absolute atomic E-state index is 0.262. The molecule has 1 aliphatic heterocycles. The first kappa shape index (κ1) is 23.5. The first-order valence-electron chi connectivity index (χ1n) is 12.2. The van der Waals surface area contributed by atoms with Crippen molar-refractivity contribution in [2.24, 2.45) is 0 Å². The average Bonchev–Trinajstić information content (AvgIpc) is 2.86. The monoisotopic (exact) mass is 444 g/mol. The number of aliphatic hydroxyl groups excluding tert-OH is 1. The van der Waals surface area contributed by atoms with Crippen molar-refractivity contribution < 1.29 is 9.84 Å². The zero-order valence-corrected chi connectivity index (χ0v) is 19.6. The molecule has 0 spiro atoms. The van der Waals surface area contributed by atoms with E-state index in [-0.39, 0.29) is 6.04 Å². The van der Waals surface area contributed by atoms with Crippen LogP contribution in [0.5, 0.6) is 5.75 Å². The van der Waals surface area contributed by atoms with E-state index >= 15 is 0 Å². The van der Waals surface area contributed by atoms with Crippen LogP contribution in [0.15, 0.2) is 84.9 Å². The molecular formula is C29H36N2O2. The summed E-state index contributed by atoms with van der Waals surface area (Å²) in [6, 6.07) is 30.0. The Bertz CT molecular complexity index is 899. The normalized spacial score (nSPS) is 16.1. The Morgan fingerprint density at radius 1 is 0.788 bits per heavy atom. The molecule has 1 saturated heterocycles. The van der Waals surface area contributed by atoms with E-state index in [4.69, 9.17) is 4.74 Å². The maximum Gasteiger partial charge on any atom is 0.119 e. The van der Waals surface area contributed by atoms with E-state index in [0.29, 0.717) is 13.2 Å². The average molecular weight is 445 g/mol. The Hall–Kier alpha value is -2.66. The Balaban J connectivity index is 1.28. The van der Waals surface area contributed by atoms with Gasteiger partial charge in [-0.05, 0) is 35.2 Å². The molecule has 3 aromatic rings. The molecule has 1 atom stereocenters. The lowest BCUT2D eigenvalue weighted by molar-refractivity contribution is 0.0401. The van der Waals surface area contributed by atoms with E-state index in [1.165, 1.54) is 16.7 Å². The number of nitrogens with zero attached hydrogens (tertiary/aromatic N) is 2. The summed E-state index contributed by atoms with van der Waals surface area (Å²) in [4.78, 5) is 4.91. The van der Waals surface area contributed by atoms with Crippen molar-refractivity contribution in [3.05, 3.63) is 102 Å². The van der Waals surface area contributed by atoms with Crippen molar-refractivity contribution in [3.63, 3.8) is 0 Å². The summed E-state index contributed by atoms with van der Waals surface area (Å²) < 4.78 is 5.83. The largest absolute Gasteiger partial charge is 0.491 e. The summed E-state index contributed by atoms with van der Waals surface area (Å²) in [7, 11) is 0. The smallest absolute Gasteiger partial charge is 0.119 e. The molecule has 4 rings (SSSR count). The molecule has 0 aromatic heterocycles. The van der Waals surface area contributed by atoms with Gasteiger partial charge in [-0.3, -0.25) is 9.80 Å². The second-order valence-corrected chi connectivity index (χ2v) is 8.92. The van der Waals surface area contributed by atoms with Crippen molar-refractivity contribution in [2.75, 3.05) is 39.3 Å². The fourth-order valence-electron chi connectivity index (χ4n) is 4.67. The molecule has 4 heteroatoms. The van der Waals surface area contributed by atoms with E-state index in [2.05, 4.69) is 89.5 Å². The van der Waals surface area contributed by atoms with E-state index in [0.717, 1.165) is 44.8 Å². The highest BCUT2D eigenvalue weighted by Gasteiger charge is 2.27. The van der Waals surface area contributed by atoms with Gasteiger partial charge in [0.1, 0.15) is 18.5 Å². The van der Waals surface area contributed by atoms with Crippen LogP contribution in [0.3, 0.4) is 0 Å². The summed E-state index contributed by atoms with van der Waals surface area (Å²) in [6.45, 7) is 6.98. The van der Waals surface area contributed by atoms with Gasteiger partial charge in [0.15, 0.2) is 0 Å². The quantitative estimate of drug-likeness (QED) is 0.488. The molecule has 3 aromatic carbocycles. The molecular weight excluding hydrogens is 408 g/mol. The second kappa shape index (κ2) is 12.0. The number of piperazine rings is 1. The van der Waals surface area contributed by atoms with Crippen molar-refractivity contribution in [1.82, 2.24) is 9.80 Å². The predicted molar refractivity (Wildman–Crippen MR) is 135 cm³/mol. The van der Waals surface area contributed by atoms with Gasteiger partial charge >= 0.3 is 0 Å². The fourth-order valence-corrected chi connectivity index (χ4v) is 4.67. The van der Waals surface area contributed by atoms with Crippen LogP contribution >= 0.6 is 0 Å². The number of aliphatic hydroxyl groups is 1. The van der Waals surface area contributed by atoms with E-state index in [9.17, 15) is 5.11 Å². The molecule has 0 bridgehead atoms. The molecule has 1 N–H and O–H groups in total. The van der Waals surface area contributed by atoms with Gasteiger partial charge < -0.3 is 9.84 Å². The van der Waals surface area contributed by atoms with Gasteiger partial charge in [-0.25, -0.2) is 0 Å². The lowest BCUT2D eigenvalue weighted by Crippen LogP contribution is -2.50.